The number of halogens is 3. The predicted molar refractivity (Wildman–Crippen MR) is 118 cm³/mol. The maximum atomic E-state index is 12.9. The largest absolute Gasteiger partial charge is 0.439 e. The average molecular weight is 457 g/mol. The molecule has 0 atom stereocenters. The summed E-state index contributed by atoms with van der Waals surface area (Å²) in [5.41, 5.74) is 7.95. The van der Waals surface area contributed by atoms with E-state index < -0.39 is 11.7 Å². The summed E-state index contributed by atoms with van der Waals surface area (Å²) >= 11 is 1.36. The van der Waals surface area contributed by atoms with E-state index in [-0.39, 0.29) is 0 Å². The molecule has 0 amide bonds. The molecule has 0 aliphatic carbocycles. The van der Waals surface area contributed by atoms with Gasteiger partial charge in [-0.05, 0) is 47.7 Å². The number of anilines is 1. The van der Waals surface area contributed by atoms with Crippen LogP contribution in [0.3, 0.4) is 0 Å². The lowest BCUT2D eigenvalue weighted by atomic mass is 10.00. The minimum Gasteiger partial charge on any atom is -0.439 e. The normalized spacial score (nSPS) is 13.6. The highest BCUT2D eigenvalue weighted by Crippen LogP contribution is 2.30. The van der Waals surface area contributed by atoms with Crippen LogP contribution in [-0.2, 0) is 12.6 Å². The molecule has 1 aliphatic rings. The van der Waals surface area contributed by atoms with Crippen LogP contribution in [0, 0.1) is 0 Å². The third-order valence-electron chi connectivity index (χ3n) is 4.64. The van der Waals surface area contributed by atoms with Gasteiger partial charge in [0.05, 0.1) is 17.0 Å². The van der Waals surface area contributed by atoms with E-state index in [0.29, 0.717) is 46.7 Å². The van der Waals surface area contributed by atoms with Crippen LogP contribution >= 0.6 is 11.8 Å². The van der Waals surface area contributed by atoms with Gasteiger partial charge >= 0.3 is 6.18 Å². The molecule has 2 heterocycles. The van der Waals surface area contributed by atoms with Crippen molar-refractivity contribution in [1.82, 2.24) is 9.97 Å². The van der Waals surface area contributed by atoms with Crippen molar-refractivity contribution in [3.8, 4) is 11.6 Å². The Kier molecular flexibility index (Phi) is 6.13. The smallest absolute Gasteiger partial charge is 0.416 e. The fourth-order valence-electron chi connectivity index (χ4n) is 3.15. The van der Waals surface area contributed by atoms with E-state index in [9.17, 15) is 13.2 Å². The van der Waals surface area contributed by atoms with E-state index in [1.54, 1.807) is 24.3 Å². The van der Waals surface area contributed by atoms with Gasteiger partial charge in [-0.3, -0.25) is 0 Å². The molecule has 2 N–H and O–H groups in total. The number of benzene rings is 2. The molecule has 1 aromatic heterocycles. The number of aromatic nitrogens is 2. The first kappa shape index (κ1) is 21.8. The fraction of sp³-hybridized carbons (Fsp3) is 0.182. The first-order valence-corrected chi connectivity index (χ1v) is 10.8. The summed E-state index contributed by atoms with van der Waals surface area (Å²) in [4.78, 5) is 8.34. The molecule has 6 nitrogen and oxygen atoms in total. The summed E-state index contributed by atoms with van der Waals surface area (Å²) in [7, 11) is 0. The summed E-state index contributed by atoms with van der Waals surface area (Å²) in [5, 5.41) is 8.88. The number of nitrogens with zero attached hydrogens (tertiary/aromatic N) is 4. The Labute approximate surface area is 186 Å². The van der Waals surface area contributed by atoms with Gasteiger partial charge in [-0.1, -0.05) is 30.0 Å². The summed E-state index contributed by atoms with van der Waals surface area (Å²) in [5.74, 6) is 1.24. The second kappa shape index (κ2) is 8.99. The van der Waals surface area contributed by atoms with Crippen LogP contribution in [0.1, 0.15) is 23.1 Å². The molecule has 0 radical (unpaired) electrons. The van der Waals surface area contributed by atoms with Crippen molar-refractivity contribution in [3.63, 3.8) is 0 Å². The van der Waals surface area contributed by atoms with Gasteiger partial charge in [0.1, 0.15) is 11.6 Å². The van der Waals surface area contributed by atoms with E-state index in [1.165, 1.54) is 17.8 Å². The molecule has 0 unspecified atom stereocenters. The highest BCUT2D eigenvalue weighted by Gasteiger charge is 2.30. The molecule has 0 bridgehead atoms. The molecule has 0 saturated heterocycles. The summed E-state index contributed by atoms with van der Waals surface area (Å²) < 4.78 is 44.5. The van der Waals surface area contributed by atoms with Crippen LogP contribution in [0.4, 0.5) is 19.0 Å². The molecular weight excluding hydrogens is 439 g/mol. The quantitative estimate of drug-likeness (QED) is 0.397. The topological polar surface area (TPSA) is 85.8 Å². The maximum absolute atomic E-state index is 12.9. The number of ether oxygens (including phenoxy) is 1. The van der Waals surface area contributed by atoms with E-state index in [1.807, 2.05) is 18.4 Å². The molecular formula is C22H18F3N5OS. The summed E-state index contributed by atoms with van der Waals surface area (Å²) in [6.07, 6.45) is -1.74. The van der Waals surface area contributed by atoms with Crippen LogP contribution in [0.5, 0.6) is 11.6 Å². The van der Waals surface area contributed by atoms with Crippen molar-refractivity contribution in [2.45, 2.75) is 24.2 Å². The first-order chi connectivity index (χ1) is 15.3. The lowest BCUT2D eigenvalue weighted by Gasteiger charge is -2.09. The van der Waals surface area contributed by atoms with Gasteiger partial charge in [0.2, 0.25) is 5.88 Å². The van der Waals surface area contributed by atoms with Crippen molar-refractivity contribution < 1.29 is 17.9 Å². The second-order valence-electron chi connectivity index (χ2n) is 7.01. The standard InChI is InChI=1S/C22H18F3N5OS/c1-32-21-27-19(26)12-20(28-21)31-17-7-5-14(6-8-17)18-11-16(29-30-18)10-13-3-2-4-15(9-13)22(23,24)25/h2-9,12H,10-11H2,1H3,(H2,26,27,28). The van der Waals surface area contributed by atoms with Gasteiger partial charge in [-0.15, -0.1) is 0 Å². The van der Waals surface area contributed by atoms with Gasteiger partial charge < -0.3 is 10.5 Å². The molecule has 1 aliphatic heterocycles. The molecule has 10 heteroatoms. The number of nitrogen functional groups attached to an aromatic ring is 1. The highest BCUT2D eigenvalue weighted by atomic mass is 32.2. The van der Waals surface area contributed by atoms with E-state index in [2.05, 4.69) is 20.2 Å². The molecule has 2 aromatic carbocycles. The Morgan fingerprint density at radius 3 is 2.53 bits per heavy atom. The van der Waals surface area contributed by atoms with Crippen LogP contribution in [0.2, 0.25) is 0 Å². The minimum absolute atomic E-state index is 0.311. The molecule has 32 heavy (non-hydrogen) atoms. The monoisotopic (exact) mass is 457 g/mol. The van der Waals surface area contributed by atoms with Crippen LogP contribution in [0.25, 0.3) is 0 Å². The minimum atomic E-state index is -4.37. The van der Waals surface area contributed by atoms with E-state index >= 15 is 0 Å². The zero-order valence-electron chi connectivity index (χ0n) is 16.9. The van der Waals surface area contributed by atoms with Crippen LogP contribution in [0.15, 0.2) is 70.0 Å². The zero-order valence-corrected chi connectivity index (χ0v) is 17.7. The van der Waals surface area contributed by atoms with Crippen molar-refractivity contribution in [3.05, 3.63) is 71.3 Å². The van der Waals surface area contributed by atoms with Crippen molar-refractivity contribution >= 4 is 29.0 Å². The van der Waals surface area contributed by atoms with Gasteiger partial charge in [0, 0.05) is 18.9 Å². The number of hydrogen-bond donors (Lipinski definition) is 1. The molecule has 3 aromatic rings. The van der Waals surface area contributed by atoms with Gasteiger partial charge in [-0.2, -0.15) is 28.4 Å². The number of nitrogens with two attached hydrogens (primary N) is 1. The summed E-state index contributed by atoms with van der Waals surface area (Å²) in [6.45, 7) is 0. The number of alkyl halides is 3. The molecule has 4 rings (SSSR count). The van der Waals surface area contributed by atoms with Gasteiger partial charge in [-0.25, -0.2) is 4.98 Å². The second-order valence-corrected chi connectivity index (χ2v) is 7.78. The Hall–Kier alpha value is -3.40. The Morgan fingerprint density at radius 1 is 1.03 bits per heavy atom. The van der Waals surface area contributed by atoms with Gasteiger partial charge in [0.25, 0.3) is 0 Å². The Bertz CT molecular complexity index is 1190. The molecule has 164 valence electrons. The van der Waals surface area contributed by atoms with Crippen molar-refractivity contribution in [2.24, 2.45) is 10.2 Å². The lowest BCUT2D eigenvalue weighted by Crippen LogP contribution is -2.09. The number of hydrogen-bond acceptors (Lipinski definition) is 7. The number of rotatable bonds is 6. The maximum Gasteiger partial charge on any atom is 0.416 e. The lowest BCUT2D eigenvalue weighted by molar-refractivity contribution is -0.137. The third-order valence-corrected chi connectivity index (χ3v) is 5.19. The molecule has 0 fully saturated rings. The SMILES string of the molecule is CSc1nc(N)cc(Oc2ccc(C3=NN=C(Cc4cccc(C(F)(F)F)c4)C3)cc2)n1. The first-order valence-electron chi connectivity index (χ1n) is 9.55. The van der Waals surface area contributed by atoms with E-state index in [0.717, 1.165) is 23.4 Å². The fourth-order valence-corrected chi connectivity index (χ4v) is 3.52. The van der Waals surface area contributed by atoms with Crippen molar-refractivity contribution in [2.75, 3.05) is 12.0 Å². The zero-order chi connectivity index (χ0) is 22.7. The predicted octanol–water partition coefficient (Wildman–Crippen LogP) is 5.38. The Balaban J connectivity index is 1.39. The summed E-state index contributed by atoms with van der Waals surface area (Å²) in [6, 6.07) is 14.1. The average Bonchev–Trinajstić information content (AvgIpc) is 3.22. The molecule has 0 spiro atoms. The molecule has 0 saturated carbocycles. The Morgan fingerprint density at radius 2 is 1.81 bits per heavy atom. The number of thioether (sulfide) groups is 1. The van der Waals surface area contributed by atoms with E-state index in [4.69, 9.17) is 10.5 Å². The third kappa shape index (κ3) is 5.25. The van der Waals surface area contributed by atoms with Crippen LogP contribution < -0.4 is 10.5 Å². The van der Waals surface area contributed by atoms with Crippen molar-refractivity contribution in [1.29, 1.82) is 0 Å². The highest BCUT2D eigenvalue weighted by molar-refractivity contribution is 7.98. The van der Waals surface area contributed by atoms with Gasteiger partial charge in [0.15, 0.2) is 5.16 Å². The van der Waals surface area contributed by atoms with Crippen LogP contribution in [-0.4, -0.2) is 27.6 Å².